The molecule has 16 heavy (non-hydrogen) atoms. The number of pyridine rings is 2. The summed E-state index contributed by atoms with van der Waals surface area (Å²) in [4.78, 5) is 8.67. The van der Waals surface area contributed by atoms with E-state index >= 15 is 0 Å². The number of nitrogens with zero attached hydrogens (tertiary/aromatic N) is 2. The largest absolute Gasteiger partial charge is 0.366 e. The molecule has 0 aliphatic rings. The Kier molecular flexibility index (Phi) is 1.84. The molecule has 0 aliphatic heterocycles. The lowest BCUT2D eigenvalue weighted by Crippen LogP contribution is -1.87. The summed E-state index contributed by atoms with van der Waals surface area (Å²) in [6.45, 7) is 0. The SMILES string of the molecule is [C-]#Cc1cc2cccnc2c2ncccc12. The molecule has 0 saturated carbocycles. The standard InChI is InChI=1S/C14H7N2/c1-2-10-9-11-5-3-7-15-13(11)14-12(10)6-4-8-16-14/h3-9H/q-1. The summed E-state index contributed by atoms with van der Waals surface area (Å²) in [5, 5.41) is 1.91. The molecule has 0 bridgehead atoms. The lowest BCUT2D eigenvalue weighted by molar-refractivity contribution is 1.37. The maximum absolute atomic E-state index is 7.30. The number of rotatable bonds is 0. The molecular weight excluding hydrogens is 196 g/mol. The molecule has 0 fully saturated rings. The molecular formula is C14H7N2-. The quantitative estimate of drug-likeness (QED) is 0.319. The van der Waals surface area contributed by atoms with Crippen LogP contribution in [0.1, 0.15) is 5.56 Å². The number of aromatic nitrogens is 2. The summed E-state index contributed by atoms with van der Waals surface area (Å²) < 4.78 is 0. The van der Waals surface area contributed by atoms with E-state index in [0.717, 1.165) is 27.4 Å². The molecule has 0 spiro atoms. The molecule has 2 aromatic heterocycles. The maximum atomic E-state index is 7.30. The second-order valence-corrected chi connectivity index (χ2v) is 3.52. The van der Waals surface area contributed by atoms with E-state index in [9.17, 15) is 0 Å². The summed E-state index contributed by atoms with van der Waals surface area (Å²) in [6, 6.07) is 9.56. The molecule has 0 radical (unpaired) electrons. The van der Waals surface area contributed by atoms with Gasteiger partial charge >= 0.3 is 0 Å². The van der Waals surface area contributed by atoms with Gasteiger partial charge in [-0.3, -0.25) is 15.9 Å². The molecule has 0 aliphatic carbocycles. The zero-order valence-corrected chi connectivity index (χ0v) is 8.44. The lowest BCUT2D eigenvalue weighted by Gasteiger charge is -2.09. The summed E-state index contributed by atoms with van der Waals surface area (Å²) in [7, 11) is 0. The van der Waals surface area contributed by atoms with E-state index in [1.54, 1.807) is 12.4 Å². The average molecular weight is 203 g/mol. The molecule has 2 nitrogen and oxygen atoms in total. The smallest absolute Gasteiger partial charge is 0.0934 e. The fourth-order valence-electron chi connectivity index (χ4n) is 1.88. The Hall–Kier alpha value is -2.40. The fraction of sp³-hybridized carbons (Fsp3) is 0. The highest BCUT2D eigenvalue weighted by Crippen LogP contribution is 2.24. The minimum absolute atomic E-state index is 0.753. The number of fused-ring (bicyclic) bond motifs is 3. The fourth-order valence-corrected chi connectivity index (χ4v) is 1.88. The van der Waals surface area contributed by atoms with Crippen molar-refractivity contribution in [2.75, 3.05) is 0 Å². The zero-order chi connectivity index (χ0) is 11.0. The monoisotopic (exact) mass is 203 g/mol. The first kappa shape index (κ1) is 8.87. The molecule has 0 saturated heterocycles. The molecule has 0 amide bonds. The van der Waals surface area contributed by atoms with Gasteiger partial charge in [0.15, 0.2) is 0 Å². The van der Waals surface area contributed by atoms with Crippen molar-refractivity contribution in [1.82, 2.24) is 9.97 Å². The number of hydrogen-bond acceptors (Lipinski definition) is 2. The molecule has 0 atom stereocenters. The van der Waals surface area contributed by atoms with Gasteiger partial charge in [0.05, 0.1) is 11.0 Å². The average Bonchev–Trinajstić information content (AvgIpc) is 2.38. The van der Waals surface area contributed by atoms with Crippen molar-refractivity contribution in [2.45, 2.75) is 0 Å². The highest BCUT2D eigenvalue weighted by Gasteiger charge is 2.01. The molecule has 74 valence electrons. The van der Waals surface area contributed by atoms with Crippen LogP contribution in [0.3, 0.4) is 0 Å². The number of benzene rings is 1. The zero-order valence-electron chi connectivity index (χ0n) is 8.44. The normalized spacial score (nSPS) is 10.4. The van der Waals surface area contributed by atoms with E-state index in [-0.39, 0.29) is 0 Å². The predicted octanol–water partition coefficient (Wildman–Crippen LogP) is 2.72. The highest BCUT2D eigenvalue weighted by atomic mass is 14.7. The molecule has 0 N–H and O–H groups in total. The Labute approximate surface area is 93.0 Å². The van der Waals surface area contributed by atoms with E-state index in [1.165, 1.54) is 0 Å². The van der Waals surface area contributed by atoms with Crippen LogP contribution in [-0.4, -0.2) is 9.97 Å². The maximum Gasteiger partial charge on any atom is 0.0934 e. The Bertz CT molecular complexity index is 723. The Morgan fingerprint density at radius 3 is 2.56 bits per heavy atom. The van der Waals surface area contributed by atoms with Crippen LogP contribution in [0.15, 0.2) is 42.7 Å². The van der Waals surface area contributed by atoms with Gasteiger partial charge < -0.3 is 6.42 Å². The van der Waals surface area contributed by atoms with E-state index in [4.69, 9.17) is 6.42 Å². The Morgan fingerprint density at radius 2 is 1.75 bits per heavy atom. The molecule has 1 aromatic carbocycles. The van der Waals surface area contributed by atoms with Crippen molar-refractivity contribution >= 4 is 21.8 Å². The predicted molar refractivity (Wildman–Crippen MR) is 63.3 cm³/mol. The first-order chi connectivity index (χ1) is 7.90. The minimum Gasteiger partial charge on any atom is -0.366 e. The first-order valence-corrected chi connectivity index (χ1v) is 4.95. The van der Waals surface area contributed by atoms with Crippen LogP contribution in [0.4, 0.5) is 0 Å². The van der Waals surface area contributed by atoms with Gasteiger partial charge in [0.25, 0.3) is 0 Å². The van der Waals surface area contributed by atoms with Gasteiger partial charge in [0, 0.05) is 12.4 Å². The Balaban J connectivity index is 2.64. The van der Waals surface area contributed by atoms with Crippen molar-refractivity contribution in [1.29, 1.82) is 0 Å². The van der Waals surface area contributed by atoms with Crippen LogP contribution in [0.25, 0.3) is 21.8 Å². The van der Waals surface area contributed by atoms with E-state index < -0.39 is 0 Å². The molecule has 0 unspecified atom stereocenters. The van der Waals surface area contributed by atoms with E-state index in [1.807, 2.05) is 30.3 Å². The third-order valence-electron chi connectivity index (χ3n) is 2.60. The van der Waals surface area contributed by atoms with Crippen LogP contribution in [0.2, 0.25) is 0 Å². The molecule has 3 rings (SSSR count). The summed E-state index contributed by atoms with van der Waals surface area (Å²) in [5.41, 5.74) is 2.45. The van der Waals surface area contributed by atoms with Gasteiger partial charge in [-0.1, -0.05) is 17.5 Å². The van der Waals surface area contributed by atoms with Gasteiger partial charge in [-0.2, -0.15) is 0 Å². The van der Waals surface area contributed by atoms with Gasteiger partial charge in [0.2, 0.25) is 0 Å². The third kappa shape index (κ3) is 1.15. The van der Waals surface area contributed by atoms with E-state index in [0.29, 0.717) is 0 Å². The van der Waals surface area contributed by atoms with Crippen molar-refractivity contribution in [3.63, 3.8) is 0 Å². The van der Waals surface area contributed by atoms with E-state index in [2.05, 4.69) is 15.9 Å². The summed E-state index contributed by atoms with van der Waals surface area (Å²) in [6.07, 6.45) is 10.8. The van der Waals surface area contributed by atoms with Crippen LogP contribution in [-0.2, 0) is 0 Å². The van der Waals surface area contributed by atoms with Crippen molar-refractivity contribution in [3.8, 4) is 5.92 Å². The summed E-state index contributed by atoms with van der Waals surface area (Å²) in [5.74, 6) is 2.44. The highest BCUT2D eigenvalue weighted by molar-refractivity contribution is 6.05. The molecule has 3 aromatic rings. The van der Waals surface area contributed by atoms with Crippen molar-refractivity contribution in [3.05, 3.63) is 54.7 Å². The van der Waals surface area contributed by atoms with Gasteiger partial charge in [0.1, 0.15) is 0 Å². The van der Waals surface area contributed by atoms with Gasteiger partial charge in [-0.15, -0.1) is 11.6 Å². The third-order valence-corrected chi connectivity index (χ3v) is 2.60. The second kappa shape index (κ2) is 3.32. The number of hydrogen-bond donors (Lipinski definition) is 0. The molecule has 2 heterocycles. The van der Waals surface area contributed by atoms with Gasteiger partial charge in [-0.05, 0) is 17.5 Å². The van der Waals surface area contributed by atoms with Crippen LogP contribution in [0.5, 0.6) is 0 Å². The molecule has 2 heteroatoms. The van der Waals surface area contributed by atoms with Crippen LogP contribution < -0.4 is 0 Å². The van der Waals surface area contributed by atoms with Crippen molar-refractivity contribution in [2.24, 2.45) is 0 Å². The van der Waals surface area contributed by atoms with Crippen LogP contribution >= 0.6 is 0 Å². The van der Waals surface area contributed by atoms with Gasteiger partial charge in [-0.25, -0.2) is 0 Å². The topological polar surface area (TPSA) is 25.8 Å². The minimum atomic E-state index is 0.753. The second-order valence-electron chi connectivity index (χ2n) is 3.52. The van der Waals surface area contributed by atoms with Crippen LogP contribution in [0, 0.1) is 12.3 Å². The lowest BCUT2D eigenvalue weighted by atomic mass is 10.0. The van der Waals surface area contributed by atoms with Crippen molar-refractivity contribution < 1.29 is 0 Å². The Morgan fingerprint density at radius 1 is 1.00 bits per heavy atom. The summed E-state index contributed by atoms with van der Waals surface area (Å²) >= 11 is 0. The first-order valence-electron chi connectivity index (χ1n) is 4.95.